The minimum Gasteiger partial charge on any atom is -0.435 e. The Hall–Kier alpha value is -2.81. The van der Waals surface area contributed by atoms with E-state index in [1.165, 1.54) is 18.5 Å². The molecule has 1 N–H and O–H groups in total. The van der Waals surface area contributed by atoms with E-state index in [1.54, 1.807) is 16.6 Å². The maximum absolute atomic E-state index is 12.3. The van der Waals surface area contributed by atoms with E-state index in [0.717, 1.165) is 37.6 Å². The molecule has 1 aliphatic rings. The van der Waals surface area contributed by atoms with Crippen molar-refractivity contribution >= 4 is 11.6 Å². The molecular weight excluding hydrogens is 330 g/mol. The molecule has 0 atom stereocenters. The summed E-state index contributed by atoms with van der Waals surface area (Å²) in [5.41, 5.74) is 1.50. The number of nitrogens with zero attached hydrogens (tertiary/aromatic N) is 5. The molecule has 0 aliphatic carbocycles. The van der Waals surface area contributed by atoms with Crippen molar-refractivity contribution in [3.8, 4) is 17.0 Å². The number of piperazine rings is 1. The van der Waals surface area contributed by atoms with E-state index in [1.807, 2.05) is 6.07 Å². The van der Waals surface area contributed by atoms with Gasteiger partial charge in [-0.15, -0.1) is 0 Å². The molecule has 0 bridgehead atoms. The first-order valence-corrected chi connectivity index (χ1v) is 7.92. The molecule has 0 amide bonds. The summed E-state index contributed by atoms with van der Waals surface area (Å²) in [6.07, 6.45) is 1.47. The van der Waals surface area contributed by atoms with E-state index < -0.39 is 6.61 Å². The van der Waals surface area contributed by atoms with Gasteiger partial charge in [-0.1, -0.05) is 0 Å². The topological polar surface area (TPSA) is 67.6 Å². The molecule has 25 heavy (non-hydrogen) atoms. The second kappa shape index (κ2) is 6.60. The van der Waals surface area contributed by atoms with Gasteiger partial charge < -0.3 is 15.0 Å². The highest BCUT2D eigenvalue weighted by Crippen LogP contribution is 2.26. The van der Waals surface area contributed by atoms with Crippen LogP contribution in [-0.4, -0.2) is 52.4 Å². The summed E-state index contributed by atoms with van der Waals surface area (Å²) in [6, 6.07) is 8.35. The number of hydrogen-bond acceptors (Lipinski definition) is 6. The second-order valence-electron chi connectivity index (χ2n) is 5.61. The van der Waals surface area contributed by atoms with Gasteiger partial charge in [0.25, 0.3) is 5.78 Å². The fourth-order valence-corrected chi connectivity index (χ4v) is 2.87. The Balaban J connectivity index is 1.72. The molecule has 0 spiro atoms. The summed E-state index contributed by atoms with van der Waals surface area (Å²) in [4.78, 5) is 10.9. The second-order valence-corrected chi connectivity index (χ2v) is 5.61. The SMILES string of the molecule is FC(F)Oc1ccc(-c2cc(N3CCNCC3)n3ncnc3n2)cc1. The van der Waals surface area contributed by atoms with E-state index in [0.29, 0.717) is 11.5 Å². The molecule has 1 aliphatic heterocycles. The Morgan fingerprint density at radius 2 is 1.88 bits per heavy atom. The Morgan fingerprint density at radius 3 is 2.60 bits per heavy atom. The van der Waals surface area contributed by atoms with Crippen molar-refractivity contribution < 1.29 is 13.5 Å². The van der Waals surface area contributed by atoms with Gasteiger partial charge in [-0.05, 0) is 24.3 Å². The Morgan fingerprint density at radius 1 is 1.12 bits per heavy atom. The van der Waals surface area contributed by atoms with Crippen LogP contribution in [0.2, 0.25) is 0 Å². The zero-order valence-electron chi connectivity index (χ0n) is 13.3. The summed E-state index contributed by atoms with van der Waals surface area (Å²) in [7, 11) is 0. The molecule has 0 unspecified atom stereocenters. The minimum absolute atomic E-state index is 0.115. The van der Waals surface area contributed by atoms with Crippen molar-refractivity contribution in [3.63, 3.8) is 0 Å². The summed E-state index contributed by atoms with van der Waals surface area (Å²) >= 11 is 0. The Kier molecular flexibility index (Phi) is 4.14. The predicted octanol–water partition coefficient (Wildman–Crippen LogP) is 1.80. The van der Waals surface area contributed by atoms with Crippen LogP contribution in [0.3, 0.4) is 0 Å². The average Bonchev–Trinajstić information content (AvgIpc) is 3.10. The monoisotopic (exact) mass is 346 g/mol. The van der Waals surface area contributed by atoms with E-state index in [9.17, 15) is 8.78 Å². The van der Waals surface area contributed by atoms with E-state index in [-0.39, 0.29) is 5.75 Å². The van der Waals surface area contributed by atoms with E-state index in [2.05, 4.69) is 30.0 Å². The quantitative estimate of drug-likeness (QED) is 0.777. The first-order valence-electron chi connectivity index (χ1n) is 7.92. The lowest BCUT2D eigenvalue weighted by Gasteiger charge is -2.29. The van der Waals surface area contributed by atoms with Gasteiger partial charge in [0.1, 0.15) is 17.9 Å². The van der Waals surface area contributed by atoms with E-state index in [4.69, 9.17) is 0 Å². The number of anilines is 1. The lowest BCUT2D eigenvalue weighted by Crippen LogP contribution is -2.44. The fraction of sp³-hybridized carbons (Fsp3) is 0.312. The standard InChI is InChI=1S/C16H16F2N6O/c17-15(18)25-12-3-1-11(2-4-12)13-9-14(23-7-5-19-6-8-23)24-16(22-13)20-10-21-24/h1-4,9-10,15,19H,5-8H2. The Labute approximate surface area is 142 Å². The minimum atomic E-state index is -2.84. The normalized spacial score (nSPS) is 15.1. The van der Waals surface area contributed by atoms with Crippen molar-refractivity contribution in [2.24, 2.45) is 0 Å². The van der Waals surface area contributed by atoms with Gasteiger partial charge >= 0.3 is 6.61 Å². The molecule has 3 aromatic rings. The first-order chi connectivity index (χ1) is 12.2. The fourth-order valence-electron chi connectivity index (χ4n) is 2.87. The molecule has 0 radical (unpaired) electrons. The number of halogens is 2. The molecule has 4 rings (SSSR count). The summed E-state index contributed by atoms with van der Waals surface area (Å²) in [6.45, 7) is 0.677. The molecule has 130 valence electrons. The smallest absolute Gasteiger partial charge is 0.387 e. The van der Waals surface area contributed by atoms with Crippen LogP contribution >= 0.6 is 0 Å². The van der Waals surface area contributed by atoms with Crippen LogP contribution in [0.25, 0.3) is 17.0 Å². The maximum atomic E-state index is 12.3. The predicted molar refractivity (Wildman–Crippen MR) is 87.9 cm³/mol. The van der Waals surface area contributed by atoms with Gasteiger partial charge in [-0.3, -0.25) is 0 Å². The highest BCUT2D eigenvalue weighted by Gasteiger charge is 2.17. The summed E-state index contributed by atoms with van der Waals surface area (Å²) in [5.74, 6) is 1.52. The van der Waals surface area contributed by atoms with Crippen molar-refractivity contribution in [2.45, 2.75) is 6.61 Å². The zero-order chi connectivity index (χ0) is 17.2. The molecular formula is C16H16F2N6O. The molecule has 0 saturated carbocycles. The number of nitrogens with one attached hydrogen (secondary N) is 1. The van der Waals surface area contributed by atoms with Gasteiger partial charge in [0.2, 0.25) is 0 Å². The maximum Gasteiger partial charge on any atom is 0.387 e. The van der Waals surface area contributed by atoms with Gasteiger partial charge in [0.15, 0.2) is 0 Å². The van der Waals surface area contributed by atoms with Gasteiger partial charge in [0.05, 0.1) is 5.69 Å². The van der Waals surface area contributed by atoms with Crippen molar-refractivity contribution in [2.75, 3.05) is 31.1 Å². The van der Waals surface area contributed by atoms with Crippen LogP contribution in [-0.2, 0) is 0 Å². The number of aromatic nitrogens is 4. The number of rotatable bonds is 4. The average molecular weight is 346 g/mol. The summed E-state index contributed by atoms with van der Waals surface area (Å²) < 4.78 is 30.7. The van der Waals surface area contributed by atoms with Crippen molar-refractivity contribution in [1.82, 2.24) is 24.9 Å². The number of fused-ring (bicyclic) bond motifs is 1. The van der Waals surface area contributed by atoms with Crippen LogP contribution < -0.4 is 15.0 Å². The third-order valence-electron chi connectivity index (χ3n) is 4.05. The van der Waals surface area contributed by atoms with Crippen LogP contribution in [0.1, 0.15) is 0 Å². The molecule has 1 saturated heterocycles. The lowest BCUT2D eigenvalue weighted by atomic mass is 10.1. The first kappa shape index (κ1) is 15.7. The van der Waals surface area contributed by atoms with Crippen LogP contribution in [0, 0.1) is 0 Å². The Bertz CT molecular complexity index is 861. The lowest BCUT2D eigenvalue weighted by molar-refractivity contribution is -0.0498. The van der Waals surface area contributed by atoms with Crippen LogP contribution in [0.4, 0.5) is 14.6 Å². The molecule has 2 aromatic heterocycles. The van der Waals surface area contributed by atoms with Gasteiger partial charge in [0, 0.05) is 37.8 Å². The van der Waals surface area contributed by atoms with E-state index >= 15 is 0 Å². The molecule has 9 heteroatoms. The van der Waals surface area contributed by atoms with Crippen LogP contribution in [0.5, 0.6) is 5.75 Å². The largest absolute Gasteiger partial charge is 0.435 e. The number of benzene rings is 1. The molecule has 1 aromatic carbocycles. The zero-order valence-corrected chi connectivity index (χ0v) is 13.3. The highest BCUT2D eigenvalue weighted by atomic mass is 19.3. The molecule has 1 fully saturated rings. The third-order valence-corrected chi connectivity index (χ3v) is 4.05. The molecule has 7 nitrogen and oxygen atoms in total. The number of alkyl halides is 2. The third kappa shape index (κ3) is 3.22. The molecule has 3 heterocycles. The van der Waals surface area contributed by atoms with Gasteiger partial charge in [-0.2, -0.15) is 23.4 Å². The van der Waals surface area contributed by atoms with Gasteiger partial charge in [-0.25, -0.2) is 4.98 Å². The van der Waals surface area contributed by atoms with Crippen molar-refractivity contribution in [3.05, 3.63) is 36.7 Å². The van der Waals surface area contributed by atoms with Crippen LogP contribution in [0.15, 0.2) is 36.7 Å². The van der Waals surface area contributed by atoms with Crippen molar-refractivity contribution in [1.29, 1.82) is 0 Å². The number of hydrogen-bond donors (Lipinski definition) is 1. The summed E-state index contributed by atoms with van der Waals surface area (Å²) in [5, 5.41) is 7.57. The number of ether oxygens (including phenoxy) is 1. The highest BCUT2D eigenvalue weighted by molar-refractivity contribution is 5.66.